The summed E-state index contributed by atoms with van der Waals surface area (Å²) in [6.07, 6.45) is 0.691. The number of aromatic nitrogens is 2. The highest BCUT2D eigenvalue weighted by atomic mass is 19.1. The van der Waals surface area contributed by atoms with Crippen LogP contribution in [0, 0.1) is 5.82 Å². The quantitative estimate of drug-likeness (QED) is 0.345. The smallest absolute Gasteiger partial charge is 0.260 e. The number of rotatable bonds is 10. The van der Waals surface area contributed by atoms with Crippen molar-refractivity contribution in [3.05, 3.63) is 96.8 Å². The number of halogens is 1. The van der Waals surface area contributed by atoms with Gasteiger partial charge in [0.25, 0.3) is 5.91 Å². The fourth-order valence-corrected chi connectivity index (χ4v) is 3.67. The molecule has 0 fully saturated rings. The van der Waals surface area contributed by atoms with Crippen molar-refractivity contribution in [1.82, 2.24) is 14.7 Å². The van der Waals surface area contributed by atoms with Gasteiger partial charge in [0.1, 0.15) is 23.9 Å². The zero-order valence-electron chi connectivity index (χ0n) is 19.9. The summed E-state index contributed by atoms with van der Waals surface area (Å²) in [5.74, 6) is -0.0308. The van der Waals surface area contributed by atoms with Crippen LogP contribution < -0.4 is 10.1 Å². The van der Waals surface area contributed by atoms with Crippen molar-refractivity contribution < 1.29 is 18.7 Å². The standard InChI is InChI=1S/C28H27FN4O3/c1-2-17-32(28(35)20-36-24-11-7-4-8-12-24)19-27(34)30-26-18-25(21-9-5-3-6-10-21)31-33(26)23-15-13-22(29)14-16-23/h3-16,18H,2,17,19-20H2,1H3,(H,30,34). The van der Waals surface area contributed by atoms with Gasteiger partial charge in [-0.25, -0.2) is 9.07 Å². The average Bonchev–Trinajstić information content (AvgIpc) is 3.32. The van der Waals surface area contributed by atoms with Crippen LogP contribution in [0.15, 0.2) is 91.0 Å². The summed E-state index contributed by atoms with van der Waals surface area (Å²) >= 11 is 0. The van der Waals surface area contributed by atoms with Gasteiger partial charge in [-0.1, -0.05) is 55.5 Å². The van der Waals surface area contributed by atoms with Gasteiger partial charge in [-0.15, -0.1) is 0 Å². The normalized spacial score (nSPS) is 10.6. The van der Waals surface area contributed by atoms with Crippen molar-refractivity contribution in [2.24, 2.45) is 0 Å². The Morgan fingerprint density at radius 3 is 2.31 bits per heavy atom. The third kappa shape index (κ3) is 6.35. The number of hydrogen-bond donors (Lipinski definition) is 1. The molecule has 1 aromatic heterocycles. The van der Waals surface area contributed by atoms with Gasteiger partial charge in [-0.3, -0.25) is 9.59 Å². The second-order valence-electron chi connectivity index (χ2n) is 8.13. The van der Waals surface area contributed by atoms with E-state index in [-0.39, 0.29) is 30.8 Å². The molecule has 1 N–H and O–H groups in total. The van der Waals surface area contributed by atoms with Gasteiger partial charge in [-0.05, 0) is 42.8 Å². The Balaban J connectivity index is 1.51. The molecule has 0 saturated heterocycles. The molecule has 1 heterocycles. The van der Waals surface area contributed by atoms with Crippen molar-refractivity contribution in [1.29, 1.82) is 0 Å². The number of nitrogens with one attached hydrogen (secondary N) is 1. The van der Waals surface area contributed by atoms with Crippen LogP contribution in [0.5, 0.6) is 5.75 Å². The Labute approximate surface area is 209 Å². The van der Waals surface area contributed by atoms with Crippen LogP contribution in [-0.4, -0.2) is 46.2 Å². The minimum atomic E-state index is -0.376. The first-order valence-corrected chi connectivity index (χ1v) is 11.7. The SMILES string of the molecule is CCCN(CC(=O)Nc1cc(-c2ccccc2)nn1-c1ccc(F)cc1)C(=O)COc1ccccc1. The van der Waals surface area contributed by atoms with E-state index in [0.29, 0.717) is 35.9 Å². The lowest BCUT2D eigenvalue weighted by molar-refractivity contribution is -0.136. The van der Waals surface area contributed by atoms with Crippen LogP contribution in [0.3, 0.4) is 0 Å². The summed E-state index contributed by atoms with van der Waals surface area (Å²) in [4.78, 5) is 27.3. The molecule has 0 radical (unpaired) electrons. The van der Waals surface area contributed by atoms with Gasteiger partial charge in [0, 0.05) is 18.2 Å². The van der Waals surface area contributed by atoms with E-state index in [1.165, 1.54) is 17.0 Å². The molecule has 0 aliphatic carbocycles. The van der Waals surface area contributed by atoms with Crippen molar-refractivity contribution >= 4 is 17.6 Å². The molecular formula is C28H27FN4O3. The lowest BCUT2D eigenvalue weighted by atomic mass is 10.1. The largest absolute Gasteiger partial charge is 0.484 e. The Hall–Kier alpha value is -4.46. The van der Waals surface area contributed by atoms with Gasteiger partial charge in [0.2, 0.25) is 5.91 Å². The van der Waals surface area contributed by atoms with Gasteiger partial charge in [0.15, 0.2) is 6.61 Å². The third-order valence-electron chi connectivity index (χ3n) is 5.40. The molecule has 184 valence electrons. The number of ether oxygens (including phenoxy) is 1. The zero-order valence-corrected chi connectivity index (χ0v) is 19.9. The lowest BCUT2D eigenvalue weighted by Crippen LogP contribution is -2.41. The Morgan fingerprint density at radius 2 is 1.64 bits per heavy atom. The summed E-state index contributed by atoms with van der Waals surface area (Å²) in [6.45, 7) is 2.05. The molecule has 0 unspecified atom stereocenters. The van der Waals surface area contributed by atoms with Crippen LogP contribution >= 0.6 is 0 Å². The number of para-hydroxylation sites is 1. The molecule has 3 aromatic carbocycles. The van der Waals surface area contributed by atoms with Gasteiger partial charge in [0.05, 0.1) is 11.4 Å². The van der Waals surface area contributed by atoms with E-state index in [4.69, 9.17) is 4.74 Å². The zero-order chi connectivity index (χ0) is 25.3. The molecule has 4 aromatic rings. The van der Waals surface area contributed by atoms with Crippen molar-refractivity contribution in [2.75, 3.05) is 25.0 Å². The first kappa shape index (κ1) is 24.7. The number of nitrogens with zero attached hydrogens (tertiary/aromatic N) is 3. The first-order valence-electron chi connectivity index (χ1n) is 11.7. The topological polar surface area (TPSA) is 76.5 Å². The highest BCUT2D eigenvalue weighted by molar-refractivity contribution is 5.94. The summed E-state index contributed by atoms with van der Waals surface area (Å²) in [5.41, 5.74) is 2.11. The van der Waals surface area contributed by atoms with Gasteiger partial charge < -0.3 is 15.0 Å². The predicted octanol–water partition coefficient (Wildman–Crippen LogP) is 4.93. The van der Waals surface area contributed by atoms with Crippen LogP contribution in [0.1, 0.15) is 13.3 Å². The second kappa shape index (κ2) is 11.8. The molecule has 2 amide bonds. The van der Waals surface area contributed by atoms with Crippen LogP contribution in [0.25, 0.3) is 16.9 Å². The van der Waals surface area contributed by atoms with Crippen LogP contribution in [0.2, 0.25) is 0 Å². The fraction of sp³-hybridized carbons (Fsp3) is 0.179. The summed E-state index contributed by atoms with van der Waals surface area (Å²) in [7, 11) is 0. The van der Waals surface area contributed by atoms with Gasteiger partial charge in [-0.2, -0.15) is 5.10 Å². The van der Waals surface area contributed by atoms with E-state index in [1.807, 2.05) is 55.5 Å². The maximum atomic E-state index is 13.5. The molecule has 0 bridgehead atoms. The second-order valence-corrected chi connectivity index (χ2v) is 8.13. The summed E-state index contributed by atoms with van der Waals surface area (Å²) in [5, 5.41) is 7.49. The highest BCUT2D eigenvalue weighted by Gasteiger charge is 2.19. The van der Waals surface area contributed by atoms with E-state index in [9.17, 15) is 14.0 Å². The number of anilines is 1. The number of carbonyl (C=O) groups excluding carboxylic acids is 2. The van der Waals surface area contributed by atoms with E-state index in [0.717, 1.165) is 5.56 Å². The Bertz CT molecular complexity index is 1290. The maximum absolute atomic E-state index is 13.5. The number of hydrogen-bond acceptors (Lipinski definition) is 4. The maximum Gasteiger partial charge on any atom is 0.260 e. The molecule has 0 aliphatic rings. The molecule has 0 aliphatic heterocycles. The Morgan fingerprint density at radius 1 is 0.972 bits per heavy atom. The molecule has 4 rings (SSSR count). The van der Waals surface area contributed by atoms with E-state index >= 15 is 0 Å². The molecule has 8 heteroatoms. The van der Waals surface area contributed by atoms with Crippen LogP contribution in [0.4, 0.5) is 10.2 Å². The number of carbonyl (C=O) groups is 2. The third-order valence-corrected chi connectivity index (χ3v) is 5.40. The van der Waals surface area contributed by atoms with Crippen molar-refractivity contribution in [2.45, 2.75) is 13.3 Å². The van der Waals surface area contributed by atoms with Crippen molar-refractivity contribution in [3.63, 3.8) is 0 Å². The molecule has 36 heavy (non-hydrogen) atoms. The average molecular weight is 487 g/mol. The predicted molar refractivity (Wildman–Crippen MR) is 136 cm³/mol. The van der Waals surface area contributed by atoms with Crippen molar-refractivity contribution in [3.8, 4) is 22.7 Å². The Kier molecular flexibility index (Phi) is 8.08. The molecular weight excluding hydrogens is 459 g/mol. The molecule has 0 atom stereocenters. The first-order chi connectivity index (χ1) is 17.5. The summed E-state index contributed by atoms with van der Waals surface area (Å²) < 4.78 is 20.6. The number of amides is 2. The minimum absolute atomic E-state index is 0.139. The van der Waals surface area contributed by atoms with E-state index < -0.39 is 0 Å². The minimum Gasteiger partial charge on any atom is -0.484 e. The molecule has 0 saturated carbocycles. The van der Waals surface area contributed by atoms with Gasteiger partial charge >= 0.3 is 0 Å². The lowest BCUT2D eigenvalue weighted by Gasteiger charge is -2.21. The van der Waals surface area contributed by atoms with E-state index in [1.54, 1.807) is 35.0 Å². The fourth-order valence-electron chi connectivity index (χ4n) is 3.67. The van der Waals surface area contributed by atoms with Crippen LogP contribution in [-0.2, 0) is 9.59 Å². The number of benzene rings is 3. The monoisotopic (exact) mass is 486 g/mol. The molecule has 0 spiro atoms. The summed E-state index contributed by atoms with van der Waals surface area (Å²) in [6, 6.07) is 26.2. The highest BCUT2D eigenvalue weighted by Crippen LogP contribution is 2.25. The molecule has 7 nitrogen and oxygen atoms in total. The van der Waals surface area contributed by atoms with E-state index in [2.05, 4.69) is 10.4 Å².